The molecule has 310 valence electrons. The molecular formula is C49H57N2O6S2+. The van der Waals surface area contributed by atoms with Gasteiger partial charge in [-0.25, -0.2) is 0 Å². The second kappa shape index (κ2) is 17.2. The van der Waals surface area contributed by atoms with Gasteiger partial charge in [0.1, 0.15) is 9.79 Å². The Bertz CT molecular complexity index is 2580. The van der Waals surface area contributed by atoms with Crippen molar-refractivity contribution in [2.45, 2.75) is 128 Å². The lowest BCUT2D eigenvalue weighted by atomic mass is 9.89. The largest absolute Gasteiger partial charge is 0.338 e. The number of allylic oxidation sites excluding steroid dienone is 5. The van der Waals surface area contributed by atoms with Crippen molar-refractivity contribution in [3.63, 3.8) is 0 Å². The lowest BCUT2D eigenvalue weighted by Gasteiger charge is -2.38. The van der Waals surface area contributed by atoms with E-state index in [2.05, 4.69) is 66.7 Å². The number of rotatable bonds is 9. The van der Waals surface area contributed by atoms with Crippen molar-refractivity contribution in [2.75, 3.05) is 4.90 Å². The summed E-state index contributed by atoms with van der Waals surface area (Å²) < 4.78 is 74.5. The highest BCUT2D eigenvalue weighted by Gasteiger charge is 2.33. The van der Waals surface area contributed by atoms with E-state index in [9.17, 15) is 25.9 Å². The van der Waals surface area contributed by atoms with Crippen LogP contribution in [0.25, 0.3) is 5.57 Å². The zero-order chi connectivity index (χ0) is 42.2. The first kappa shape index (κ1) is 42.5. The molecule has 0 radical (unpaired) electrons. The Balaban J connectivity index is 1.40. The molecule has 3 aliphatic rings. The topological polar surface area (TPSA) is 115 Å². The molecule has 0 aliphatic heterocycles. The number of aryl methyl sites for hydroxylation is 5. The van der Waals surface area contributed by atoms with E-state index in [4.69, 9.17) is 0 Å². The Kier molecular flexibility index (Phi) is 12.4. The molecule has 0 unspecified atom stereocenters. The zero-order valence-corrected chi connectivity index (χ0v) is 36.8. The molecule has 10 heteroatoms. The van der Waals surface area contributed by atoms with Crippen molar-refractivity contribution in [3.8, 4) is 0 Å². The Morgan fingerprint density at radius 2 is 1.22 bits per heavy atom. The van der Waals surface area contributed by atoms with Crippen LogP contribution in [0.15, 0.2) is 106 Å². The highest BCUT2D eigenvalue weighted by molar-refractivity contribution is 7.86. The zero-order valence-electron chi connectivity index (χ0n) is 35.1. The molecule has 8 nitrogen and oxygen atoms in total. The first-order chi connectivity index (χ1) is 28.0. The summed E-state index contributed by atoms with van der Waals surface area (Å²) in [5.74, 6) is 0. The van der Waals surface area contributed by atoms with Gasteiger partial charge in [0.2, 0.25) is 11.4 Å². The van der Waals surface area contributed by atoms with Crippen LogP contribution in [-0.4, -0.2) is 48.3 Å². The van der Waals surface area contributed by atoms with Gasteiger partial charge >= 0.3 is 0 Å². The SMILES string of the molecule is Cc1cc(C)c([N+](=C2C=CC(=C(c3ccc(N(c4c(C)cc(C)c(S(=O)(=O)O)c4C)C4CCCCC4)cc3)c3ccccc3S(=O)(=O)O)C=C2)C2CCCCC2)c(C)c1. The Labute approximate surface area is 351 Å². The van der Waals surface area contributed by atoms with E-state index in [1.165, 1.54) is 47.7 Å². The third-order valence-electron chi connectivity index (χ3n) is 12.4. The van der Waals surface area contributed by atoms with Gasteiger partial charge in [-0.15, -0.1) is 0 Å². The summed E-state index contributed by atoms with van der Waals surface area (Å²) in [4.78, 5) is 1.99. The lowest BCUT2D eigenvalue weighted by molar-refractivity contribution is -0.489. The van der Waals surface area contributed by atoms with Gasteiger partial charge in [-0.1, -0.05) is 67.6 Å². The third kappa shape index (κ3) is 8.83. The van der Waals surface area contributed by atoms with Crippen molar-refractivity contribution >= 4 is 48.6 Å². The summed E-state index contributed by atoms with van der Waals surface area (Å²) in [5.41, 5.74) is 12.2. The highest BCUT2D eigenvalue weighted by atomic mass is 32.2. The van der Waals surface area contributed by atoms with Crippen molar-refractivity contribution in [3.05, 3.63) is 141 Å². The van der Waals surface area contributed by atoms with E-state index >= 15 is 0 Å². The third-order valence-corrected chi connectivity index (χ3v) is 14.5. The number of hydrogen-bond acceptors (Lipinski definition) is 5. The number of anilines is 2. The van der Waals surface area contributed by atoms with Gasteiger partial charge < -0.3 is 4.90 Å². The standard InChI is InChI=1S/C49H56N2O6S2/c1-32-29-33(2)47(34(3)30-32)50(40-15-9-7-10-16-40)42-25-21-38(22-26-42)46(44-19-13-14-20-45(44)58(52,53)54)39-23-27-43(28-24-39)51(41-17-11-8-12-18-41)48-35(4)31-36(5)49(37(48)6)59(55,56)57/h13-14,19-31,40-41H,7-12,15-18H2,1-6H3,(H-,52,53,54,55,56,57)/p+1. The van der Waals surface area contributed by atoms with E-state index in [1.54, 1.807) is 32.0 Å². The van der Waals surface area contributed by atoms with Crippen LogP contribution in [0.4, 0.5) is 17.1 Å². The Morgan fingerprint density at radius 1 is 0.644 bits per heavy atom. The van der Waals surface area contributed by atoms with Crippen LogP contribution in [0.3, 0.4) is 0 Å². The smallest absolute Gasteiger partial charge is 0.295 e. The molecule has 59 heavy (non-hydrogen) atoms. The van der Waals surface area contributed by atoms with E-state index in [-0.39, 0.29) is 15.8 Å². The predicted molar refractivity (Wildman–Crippen MR) is 239 cm³/mol. The fraction of sp³-hybridized carbons (Fsp3) is 0.367. The molecule has 0 spiro atoms. The van der Waals surface area contributed by atoms with Crippen LogP contribution in [0.5, 0.6) is 0 Å². The monoisotopic (exact) mass is 833 g/mol. The van der Waals surface area contributed by atoms with Gasteiger partial charge in [-0.3, -0.25) is 9.11 Å². The maximum absolute atomic E-state index is 12.9. The first-order valence-corrected chi connectivity index (χ1v) is 23.8. The Hall–Kier alpha value is -4.61. The molecule has 2 N–H and O–H groups in total. The van der Waals surface area contributed by atoms with Crippen molar-refractivity contribution < 1.29 is 30.5 Å². The Morgan fingerprint density at radius 3 is 1.80 bits per heavy atom. The van der Waals surface area contributed by atoms with Crippen LogP contribution in [0.1, 0.15) is 109 Å². The minimum Gasteiger partial charge on any atom is -0.338 e. The lowest BCUT2D eigenvalue weighted by Crippen LogP contribution is -2.34. The molecule has 0 bridgehead atoms. The first-order valence-electron chi connectivity index (χ1n) is 20.9. The van der Waals surface area contributed by atoms with E-state index in [1.807, 2.05) is 37.3 Å². The van der Waals surface area contributed by atoms with Crippen molar-refractivity contribution in [1.82, 2.24) is 0 Å². The molecular weight excluding hydrogens is 777 g/mol. The van der Waals surface area contributed by atoms with Crippen LogP contribution < -0.4 is 4.90 Å². The maximum Gasteiger partial charge on any atom is 0.295 e. The summed E-state index contributed by atoms with van der Waals surface area (Å²) >= 11 is 0. The summed E-state index contributed by atoms with van der Waals surface area (Å²) in [7, 11) is -9.07. The quantitative estimate of drug-likeness (QED) is 0.127. The molecule has 0 saturated heterocycles. The highest BCUT2D eigenvalue weighted by Crippen LogP contribution is 2.43. The number of nitrogens with zero attached hydrogens (tertiary/aromatic N) is 2. The normalized spacial score (nSPS) is 16.7. The van der Waals surface area contributed by atoms with E-state index < -0.39 is 20.2 Å². The van der Waals surface area contributed by atoms with E-state index in [0.717, 1.165) is 78.7 Å². The van der Waals surface area contributed by atoms with Crippen LogP contribution >= 0.6 is 0 Å². The van der Waals surface area contributed by atoms with Crippen molar-refractivity contribution in [1.29, 1.82) is 0 Å². The summed E-state index contributed by atoms with van der Waals surface area (Å²) in [6.45, 7) is 12.0. The summed E-state index contributed by atoms with van der Waals surface area (Å²) in [6, 6.07) is 21.3. The average molecular weight is 834 g/mol. The van der Waals surface area contributed by atoms with Gasteiger partial charge in [0, 0.05) is 59.1 Å². The second-order valence-corrected chi connectivity index (χ2v) is 19.5. The van der Waals surface area contributed by atoms with Gasteiger partial charge in [0.05, 0.1) is 0 Å². The molecule has 0 aromatic heterocycles. The number of hydrogen-bond donors (Lipinski definition) is 2. The molecule has 3 aliphatic carbocycles. The molecule has 0 amide bonds. The van der Waals surface area contributed by atoms with Gasteiger partial charge in [-0.2, -0.15) is 21.4 Å². The average Bonchev–Trinajstić information content (AvgIpc) is 3.18. The molecule has 2 fully saturated rings. The maximum atomic E-state index is 12.9. The predicted octanol–water partition coefficient (Wildman–Crippen LogP) is 11.5. The second-order valence-electron chi connectivity index (χ2n) is 16.8. The molecule has 2 saturated carbocycles. The molecule has 4 aromatic rings. The van der Waals surface area contributed by atoms with Gasteiger partial charge in [-0.05, 0) is 143 Å². The molecule has 7 rings (SSSR count). The molecule has 4 aromatic carbocycles. The summed E-state index contributed by atoms with van der Waals surface area (Å²) in [5, 5.41) is 0. The molecule has 0 heterocycles. The summed E-state index contributed by atoms with van der Waals surface area (Å²) in [6.07, 6.45) is 19.3. The fourth-order valence-electron chi connectivity index (χ4n) is 10.2. The molecule has 0 atom stereocenters. The number of benzene rings is 4. The minimum absolute atomic E-state index is 0.0637. The fourth-order valence-corrected chi connectivity index (χ4v) is 11.8. The van der Waals surface area contributed by atoms with Crippen LogP contribution in [0.2, 0.25) is 0 Å². The van der Waals surface area contributed by atoms with Crippen molar-refractivity contribution in [2.24, 2.45) is 0 Å². The van der Waals surface area contributed by atoms with Crippen LogP contribution in [-0.2, 0) is 20.2 Å². The van der Waals surface area contributed by atoms with E-state index in [0.29, 0.717) is 28.3 Å². The van der Waals surface area contributed by atoms with Crippen LogP contribution in [0, 0.1) is 41.5 Å². The minimum atomic E-state index is -4.59. The van der Waals surface area contributed by atoms with Gasteiger partial charge in [0.25, 0.3) is 20.2 Å². The van der Waals surface area contributed by atoms with Gasteiger partial charge in [0.15, 0.2) is 6.04 Å².